The molecule has 1 aromatic rings. The standard InChI is InChI=1S/C14H20N2O.ClH/c1-10(2)6-7-13(17)14(16)12-5-3-4-11(8-12)9-15;/h3-5,8,10,13-14,17H,6-7,16H2,1-2H3;1H/t13-,14+;/m1./s1. The number of aliphatic hydroxyl groups excluding tert-OH is 1. The van der Waals surface area contributed by atoms with Crippen LogP contribution in [0.2, 0.25) is 0 Å². The van der Waals surface area contributed by atoms with Gasteiger partial charge in [-0.05, 0) is 36.5 Å². The Labute approximate surface area is 115 Å². The van der Waals surface area contributed by atoms with E-state index < -0.39 is 12.1 Å². The van der Waals surface area contributed by atoms with E-state index >= 15 is 0 Å². The van der Waals surface area contributed by atoms with E-state index in [-0.39, 0.29) is 12.4 Å². The monoisotopic (exact) mass is 268 g/mol. The Morgan fingerprint density at radius 1 is 1.33 bits per heavy atom. The van der Waals surface area contributed by atoms with Crippen LogP contribution >= 0.6 is 12.4 Å². The molecule has 0 unspecified atom stereocenters. The van der Waals surface area contributed by atoms with Crippen LogP contribution in [0.25, 0.3) is 0 Å². The Bertz CT molecular complexity index is 401. The SMILES string of the molecule is CC(C)CC[C@@H](O)[C@@H](N)c1cccc(C#N)c1.Cl. The van der Waals surface area contributed by atoms with Crippen LogP contribution in [0.15, 0.2) is 24.3 Å². The first-order valence-corrected chi connectivity index (χ1v) is 5.98. The third kappa shape index (κ3) is 5.05. The molecule has 100 valence electrons. The highest BCUT2D eigenvalue weighted by Crippen LogP contribution is 2.20. The third-order valence-corrected chi connectivity index (χ3v) is 2.85. The van der Waals surface area contributed by atoms with Gasteiger partial charge in [-0.1, -0.05) is 26.0 Å². The molecule has 2 atom stereocenters. The number of nitriles is 1. The molecular formula is C14H21ClN2O. The van der Waals surface area contributed by atoms with Crippen molar-refractivity contribution in [2.45, 2.75) is 38.8 Å². The fourth-order valence-electron chi connectivity index (χ4n) is 1.72. The first-order chi connectivity index (χ1) is 8.04. The summed E-state index contributed by atoms with van der Waals surface area (Å²) in [5.41, 5.74) is 7.39. The van der Waals surface area contributed by atoms with Crippen LogP contribution in [-0.4, -0.2) is 11.2 Å². The molecule has 3 nitrogen and oxygen atoms in total. The van der Waals surface area contributed by atoms with E-state index in [2.05, 4.69) is 19.9 Å². The zero-order valence-corrected chi connectivity index (χ0v) is 11.7. The first kappa shape index (κ1) is 16.9. The molecule has 1 aromatic carbocycles. The lowest BCUT2D eigenvalue weighted by molar-refractivity contribution is 0.128. The maximum atomic E-state index is 9.98. The minimum absolute atomic E-state index is 0. The second-order valence-electron chi connectivity index (χ2n) is 4.80. The summed E-state index contributed by atoms with van der Waals surface area (Å²) in [6, 6.07) is 8.78. The zero-order chi connectivity index (χ0) is 12.8. The van der Waals surface area contributed by atoms with Crippen molar-refractivity contribution >= 4 is 12.4 Å². The molecule has 0 spiro atoms. The molecule has 0 heterocycles. The fraction of sp³-hybridized carbons (Fsp3) is 0.500. The average Bonchev–Trinajstić information content (AvgIpc) is 2.35. The lowest BCUT2D eigenvalue weighted by Gasteiger charge is -2.20. The summed E-state index contributed by atoms with van der Waals surface area (Å²) in [6.45, 7) is 4.24. The highest BCUT2D eigenvalue weighted by molar-refractivity contribution is 5.85. The summed E-state index contributed by atoms with van der Waals surface area (Å²) in [6.07, 6.45) is 1.09. The highest BCUT2D eigenvalue weighted by Gasteiger charge is 2.17. The molecule has 0 bridgehead atoms. The summed E-state index contributed by atoms with van der Waals surface area (Å²) in [4.78, 5) is 0. The minimum Gasteiger partial charge on any atom is -0.391 e. The number of halogens is 1. The van der Waals surface area contributed by atoms with Crippen LogP contribution in [0.5, 0.6) is 0 Å². The van der Waals surface area contributed by atoms with Crippen molar-refractivity contribution in [2.24, 2.45) is 11.7 Å². The van der Waals surface area contributed by atoms with Crippen molar-refractivity contribution in [1.29, 1.82) is 5.26 Å². The van der Waals surface area contributed by atoms with E-state index in [0.717, 1.165) is 12.0 Å². The second kappa shape index (κ2) is 8.10. The molecule has 0 saturated carbocycles. The minimum atomic E-state index is -0.550. The van der Waals surface area contributed by atoms with Gasteiger partial charge in [-0.15, -0.1) is 12.4 Å². The van der Waals surface area contributed by atoms with Gasteiger partial charge in [0.15, 0.2) is 0 Å². The van der Waals surface area contributed by atoms with Crippen LogP contribution in [-0.2, 0) is 0 Å². The van der Waals surface area contributed by atoms with Crippen molar-refractivity contribution < 1.29 is 5.11 Å². The predicted octanol–water partition coefficient (Wildman–Crippen LogP) is 2.78. The normalized spacial score (nSPS) is 13.6. The molecule has 0 aliphatic carbocycles. The van der Waals surface area contributed by atoms with Crippen LogP contribution in [0.4, 0.5) is 0 Å². The number of aliphatic hydroxyl groups is 1. The molecule has 0 aliphatic heterocycles. The molecule has 1 rings (SSSR count). The highest BCUT2D eigenvalue weighted by atomic mass is 35.5. The van der Waals surface area contributed by atoms with E-state index in [9.17, 15) is 5.11 Å². The van der Waals surface area contributed by atoms with Crippen molar-refractivity contribution in [1.82, 2.24) is 0 Å². The van der Waals surface area contributed by atoms with Gasteiger partial charge in [0.1, 0.15) is 0 Å². The smallest absolute Gasteiger partial charge is 0.0991 e. The Hall–Kier alpha value is -1.08. The van der Waals surface area contributed by atoms with Gasteiger partial charge in [-0.25, -0.2) is 0 Å². The lowest BCUT2D eigenvalue weighted by Crippen LogP contribution is -2.26. The predicted molar refractivity (Wildman–Crippen MR) is 75.4 cm³/mol. The van der Waals surface area contributed by atoms with Crippen molar-refractivity contribution in [2.75, 3.05) is 0 Å². The average molecular weight is 269 g/mol. The summed E-state index contributed by atoms with van der Waals surface area (Å²) in [7, 11) is 0. The summed E-state index contributed by atoms with van der Waals surface area (Å²) >= 11 is 0. The van der Waals surface area contributed by atoms with Gasteiger partial charge < -0.3 is 10.8 Å². The summed E-state index contributed by atoms with van der Waals surface area (Å²) in [5.74, 6) is 0.558. The Kier molecular flexibility index (Phi) is 7.61. The van der Waals surface area contributed by atoms with Gasteiger partial charge in [0, 0.05) is 0 Å². The zero-order valence-electron chi connectivity index (χ0n) is 10.8. The Morgan fingerprint density at radius 3 is 2.56 bits per heavy atom. The molecule has 0 aliphatic rings. The molecule has 0 amide bonds. The number of hydrogen-bond acceptors (Lipinski definition) is 3. The van der Waals surface area contributed by atoms with E-state index in [0.29, 0.717) is 17.9 Å². The number of nitrogens with two attached hydrogens (primary N) is 1. The van der Waals surface area contributed by atoms with Crippen LogP contribution in [0.3, 0.4) is 0 Å². The molecule has 18 heavy (non-hydrogen) atoms. The fourth-order valence-corrected chi connectivity index (χ4v) is 1.72. The van der Waals surface area contributed by atoms with E-state index in [1.165, 1.54) is 0 Å². The van der Waals surface area contributed by atoms with Gasteiger partial charge in [0.2, 0.25) is 0 Å². The van der Waals surface area contributed by atoms with Crippen molar-refractivity contribution in [3.63, 3.8) is 0 Å². The lowest BCUT2D eigenvalue weighted by atomic mass is 9.95. The number of hydrogen-bond donors (Lipinski definition) is 2. The summed E-state index contributed by atoms with van der Waals surface area (Å²) < 4.78 is 0. The molecule has 3 N–H and O–H groups in total. The summed E-state index contributed by atoms with van der Waals surface area (Å²) in [5, 5.41) is 18.8. The number of rotatable bonds is 5. The maximum Gasteiger partial charge on any atom is 0.0991 e. The van der Waals surface area contributed by atoms with Crippen LogP contribution < -0.4 is 5.73 Å². The molecule has 0 fully saturated rings. The van der Waals surface area contributed by atoms with Crippen LogP contribution in [0.1, 0.15) is 43.9 Å². The molecular weight excluding hydrogens is 248 g/mol. The number of nitrogens with zero attached hydrogens (tertiary/aromatic N) is 1. The van der Waals surface area contributed by atoms with Crippen molar-refractivity contribution in [3.8, 4) is 6.07 Å². The maximum absolute atomic E-state index is 9.98. The van der Waals surface area contributed by atoms with Crippen molar-refractivity contribution in [3.05, 3.63) is 35.4 Å². The second-order valence-corrected chi connectivity index (χ2v) is 4.80. The Balaban J connectivity index is 0.00000289. The number of benzene rings is 1. The topological polar surface area (TPSA) is 70.0 Å². The Morgan fingerprint density at radius 2 is 2.00 bits per heavy atom. The van der Waals surface area contributed by atoms with E-state index in [1.54, 1.807) is 18.2 Å². The van der Waals surface area contributed by atoms with Gasteiger partial charge in [-0.2, -0.15) is 5.26 Å². The third-order valence-electron chi connectivity index (χ3n) is 2.85. The van der Waals surface area contributed by atoms with Crippen LogP contribution in [0, 0.1) is 17.2 Å². The van der Waals surface area contributed by atoms with E-state index in [1.807, 2.05) is 6.07 Å². The molecule has 0 aromatic heterocycles. The molecule has 0 radical (unpaired) electrons. The molecule has 4 heteroatoms. The molecule has 0 saturated heterocycles. The largest absolute Gasteiger partial charge is 0.391 e. The van der Waals surface area contributed by atoms with Gasteiger partial charge in [0.05, 0.1) is 23.8 Å². The quantitative estimate of drug-likeness (QED) is 0.863. The van der Waals surface area contributed by atoms with Gasteiger partial charge in [0.25, 0.3) is 0 Å². The first-order valence-electron chi connectivity index (χ1n) is 5.98. The van der Waals surface area contributed by atoms with Gasteiger partial charge >= 0.3 is 0 Å². The van der Waals surface area contributed by atoms with E-state index in [4.69, 9.17) is 11.0 Å². The van der Waals surface area contributed by atoms with Gasteiger partial charge in [-0.3, -0.25) is 0 Å².